The number of carbonyl (C=O) groups excluding carboxylic acids is 1. The molecular weight excluding hydrogens is 238 g/mol. The zero-order valence-electron chi connectivity index (χ0n) is 11.8. The molecule has 2 N–H and O–H groups in total. The number of likely N-dealkylation sites (tertiary alicyclic amines) is 1. The zero-order valence-corrected chi connectivity index (χ0v) is 11.8. The Labute approximate surface area is 115 Å². The van der Waals surface area contributed by atoms with Crippen LogP contribution in [0.3, 0.4) is 0 Å². The molecule has 0 saturated carbocycles. The predicted molar refractivity (Wildman–Crippen MR) is 78.0 cm³/mol. The van der Waals surface area contributed by atoms with Gasteiger partial charge >= 0.3 is 0 Å². The molecule has 4 heteroatoms. The van der Waals surface area contributed by atoms with Crippen LogP contribution in [0, 0.1) is 0 Å². The Morgan fingerprint density at radius 3 is 2.53 bits per heavy atom. The summed E-state index contributed by atoms with van der Waals surface area (Å²) < 4.78 is 0. The van der Waals surface area contributed by atoms with Gasteiger partial charge in [0.15, 0.2) is 0 Å². The normalized spacial score (nSPS) is 19.0. The molecule has 1 saturated heterocycles. The molecule has 1 amide bonds. The van der Waals surface area contributed by atoms with Gasteiger partial charge in [-0.25, -0.2) is 0 Å². The highest BCUT2D eigenvalue weighted by Crippen LogP contribution is 2.24. The fourth-order valence-electron chi connectivity index (χ4n) is 2.62. The van der Waals surface area contributed by atoms with Crippen molar-refractivity contribution >= 4 is 11.6 Å². The molecular formula is C15H23N3O. The second-order valence-electron chi connectivity index (χ2n) is 5.13. The van der Waals surface area contributed by atoms with Crippen LogP contribution in [0.25, 0.3) is 0 Å². The number of benzene rings is 1. The van der Waals surface area contributed by atoms with Crippen LogP contribution < -0.4 is 10.6 Å². The van der Waals surface area contributed by atoms with Crippen LogP contribution >= 0.6 is 0 Å². The van der Waals surface area contributed by atoms with Crippen LogP contribution in [-0.4, -0.2) is 37.0 Å². The lowest BCUT2D eigenvalue weighted by molar-refractivity contribution is -0.127. The summed E-state index contributed by atoms with van der Waals surface area (Å²) in [6.07, 6.45) is 1.94. The van der Waals surface area contributed by atoms with Gasteiger partial charge in [-0.3, -0.25) is 4.79 Å². The number of carbonyl (C=O) groups is 1. The van der Waals surface area contributed by atoms with E-state index < -0.39 is 0 Å². The molecule has 0 aliphatic carbocycles. The molecule has 0 spiro atoms. The highest BCUT2D eigenvalue weighted by molar-refractivity contribution is 5.87. The van der Waals surface area contributed by atoms with Gasteiger partial charge in [0.25, 0.3) is 0 Å². The van der Waals surface area contributed by atoms with E-state index in [4.69, 9.17) is 5.73 Å². The van der Waals surface area contributed by atoms with Crippen molar-refractivity contribution in [1.29, 1.82) is 0 Å². The average Bonchev–Trinajstić information content (AvgIpc) is 2.77. The van der Waals surface area contributed by atoms with Crippen LogP contribution in [0.1, 0.15) is 25.3 Å². The summed E-state index contributed by atoms with van der Waals surface area (Å²) in [5.74, 6) is 0.233. The van der Waals surface area contributed by atoms with E-state index in [1.807, 2.05) is 24.1 Å². The van der Waals surface area contributed by atoms with Crippen LogP contribution in [0.15, 0.2) is 24.3 Å². The first-order valence-electron chi connectivity index (χ1n) is 6.98. The molecule has 1 aromatic rings. The third-order valence-corrected chi connectivity index (χ3v) is 3.74. The lowest BCUT2D eigenvalue weighted by Crippen LogP contribution is -2.41. The van der Waals surface area contributed by atoms with E-state index in [0.717, 1.165) is 37.2 Å². The number of anilines is 1. The molecule has 1 heterocycles. The second-order valence-corrected chi connectivity index (χ2v) is 5.13. The van der Waals surface area contributed by atoms with Crippen LogP contribution in [0.4, 0.5) is 5.69 Å². The molecule has 1 aliphatic rings. The Morgan fingerprint density at radius 1 is 1.37 bits per heavy atom. The highest BCUT2D eigenvalue weighted by atomic mass is 16.2. The van der Waals surface area contributed by atoms with Crippen LogP contribution in [0.2, 0.25) is 0 Å². The van der Waals surface area contributed by atoms with E-state index in [-0.39, 0.29) is 11.9 Å². The van der Waals surface area contributed by atoms with Gasteiger partial charge in [-0.05, 0) is 30.5 Å². The molecule has 104 valence electrons. The van der Waals surface area contributed by atoms with Crippen molar-refractivity contribution in [1.82, 2.24) is 4.90 Å². The number of nitrogens with two attached hydrogens (primary N) is 1. The Kier molecular flexibility index (Phi) is 4.43. The van der Waals surface area contributed by atoms with Crippen molar-refractivity contribution in [3.05, 3.63) is 29.8 Å². The number of likely N-dealkylation sites (N-methyl/N-ethyl adjacent to an activating group) is 1. The first-order chi connectivity index (χ1) is 9.17. The summed E-state index contributed by atoms with van der Waals surface area (Å²) in [4.78, 5) is 16.2. The third-order valence-electron chi connectivity index (χ3n) is 3.74. The molecule has 4 nitrogen and oxygen atoms in total. The smallest absolute Gasteiger partial charge is 0.245 e. The molecule has 0 bridgehead atoms. The van der Waals surface area contributed by atoms with Crippen molar-refractivity contribution in [2.75, 3.05) is 25.0 Å². The molecule has 2 rings (SSSR count). The summed E-state index contributed by atoms with van der Waals surface area (Å²) >= 11 is 0. The van der Waals surface area contributed by atoms with Gasteiger partial charge < -0.3 is 15.5 Å². The van der Waals surface area contributed by atoms with E-state index in [9.17, 15) is 4.79 Å². The Hall–Kier alpha value is -1.55. The van der Waals surface area contributed by atoms with E-state index in [0.29, 0.717) is 6.54 Å². The summed E-state index contributed by atoms with van der Waals surface area (Å²) in [6.45, 7) is 4.46. The molecule has 19 heavy (non-hydrogen) atoms. The molecule has 1 unspecified atom stereocenters. The Balaban J connectivity index is 2.21. The molecule has 1 aromatic carbocycles. The van der Waals surface area contributed by atoms with Gasteiger partial charge in [-0.2, -0.15) is 0 Å². The lowest BCUT2D eigenvalue weighted by atomic mass is 10.1. The third kappa shape index (κ3) is 2.89. The summed E-state index contributed by atoms with van der Waals surface area (Å²) in [7, 11) is 1.88. The SMILES string of the molecule is CCCN(c1ccc(CN)cc1)C1CCN(C)C1=O. The first-order valence-corrected chi connectivity index (χ1v) is 6.98. The Bertz CT molecular complexity index is 430. The van der Waals surface area contributed by atoms with Crippen molar-refractivity contribution in [2.45, 2.75) is 32.4 Å². The summed E-state index contributed by atoms with van der Waals surface area (Å²) in [5.41, 5.74) is 7.86. The van der Waals surface area contributed by atoms with Crippen LogP contribution in [-0.2, 0) is 11.3 Å². The Morgan fingerprint density at radius 2 is 2.05 bits per heavy atom. The summed E-state index contributed by atoms with van der Waals surface area (Å²) in [6, 6.07) is 8.23. The fourth-order valence-corrected chi connectivity index (χ4v) is 2.62. The van der Waals surface area contributed by atoms with Crippen molar-refractivity contribution < 1.29 is 4.79 Å². The second kappa shape index (κ2) is 6.06. The van der Waals surface area contributed by atoms with E-state index >= 15 is 0 Å². The standard InChI is InChI=1S/C15H23N3O/c1-3-9-18(14-8-10-17(2)15(14)19)13-6-4-12(11-16)5-7-13/h4-7,14H,3,8-11,16H2,1-2H3. The molecule has 0 aromatic heterocycles. The van der Waals surface area contributed by atoms with Gasteiger partial charge in [-0.1, -0.05) is 19.1 Å². The highest BCUT2D eigenvalue weighted by Gasteiger charge is 2.33. The topological polar surface area (TPSA) is 49.6 Å². The minimum atomic E-state index is -0.00586. The molecule has 1 atom stereocenters. The maximum Gasteiger partial charge on any atom is 0.245 e. The monoisotopic (exact) mass is 261 g/mol. The van der Waals surface area contributed by atoms with Gasteiger partial charge in [0.2, 0.25) is 5.91 Å². The molecule has 1 fully saturated rings. The number of hydrogen-bond donors (Lipinski definition) is 1. The van der Waals surface area contributed by atoms with E-state index in [1.54, 1.807) is 0 Å². The van der Waals surface area contributed by atoms with Gasteiger partial charge in [0.05, 0.1) is 0 Å². The average molecular weight is 261 g/mol. The van der Waals surface area contributed by atoms with Crippen molar-refractivity contribution in [3.63, 3.8) is 0 Å². The number of hydrogen-bond acceptors (Lipinski definition) is 3. The van der Waals surface area contributed by atoms with E-state index in [2.05, 4.69) is 24.0 Å². The van der Waals surface area contributed by atoms with Crippen LogP contribution in [0.5, 0.6) is 0 Å². The number of amides is 1. The molecule has 1 aliphatic heterocycles. The van der Waals surface area contributed by atoms with Gasteiger partial charge in [0.1, 0.15) is 6.04 Å². The lowest BCUT2D eigenvalue weighted by Gasteiger charge is -2.29. The minimum absolute atomic E-state index is 0.00586. The fraction of sp³-hybridized carbons (Fsp3) is 0.533. The predicted octanol–water partition coefficient (Wildman–Crippen LogP) is 1.59. The quantitative estimate of drug-likeness (QED) is 0.875. The van der Waals surface area contributed by atoms with Crippen molar-refractivity contribution in [2.24, 2.45) is 5.73 Å². The maximum absolute atomic E-state index is 12.2. The van der Waals surface area contributed by atoms with Gasteiger partial charge in [0, 0.05) is 32.4 Å². The van der Waals surface area contributed by atoms with Crippen molar-refractivity contribution in [3.8, 4) is 0 Å². The maximum atomic E-state index is 12.2. The van der Waals surface area contributed by atoms with Gasteiger partial charge in [-0.15, -0.1) is 0 Å². The molecule has 0 radical (unpaired) electrons. The number of nitrogens with zero attached hydrogens (tertiary/aromatic N) is 2. The largest absolute Gasteiger partial charge is 0.359 e. The summed E-state index contributed by atoms with van der Waals surface area (Å²) in [5, 5.41) is 0. The first kappa shape index (κ1) is 13.9. The zero-order chi connectivity index (χ0) is 13.8. The minimum Gasteiger partial charge on any atom is -0.359 e. The van der Waals surface area contributed by atoms with E-state index in [1.165, 1.54) is 0 Å². The number of rotatable bonds is 5.